The first-order valence-electron chi connectivity index (χ1n) is 5.19. The molecule has 0 bridgehead atoms. The molecule has 0 aliphatic heterocycles. The number of amidine groups is 1. The number of carbonyl (C=O) groups excluding carboxylic acids is 1. The number of benzene rings is 1. The molecule has 19 heavy (non-hydrogen) atoms. The predicted octanol–water partition coefficient (Wildman–Crippen LogP) is 2.89. The second-order valence-electron chi connectivity index (χ2n) is 3.89. The maximum atomic E-state index is 13.9. The number of rotatable bonds is 4. The van der Waals surface area contributed by atoms with E-state index in [-0.39, 0.29) is 28.3 Å². The number of carbonyl (C=O) groups is 1. The molecule has 0 fully saturated rings. The van der Waals surface area contributed by atoms with E-state index in [1.54, 1.807) is 0 Å². The molecule has 1 aromatic carbocycles. The highest BCUT2D eigenvalue weighted by atomic mass is 79.9. The van der Waals surface area contributed by atoms with E-state index in [9.17, 15) is 19.3 Å². The van der Waals surface area contributed by atoms with E-state index >= 15 is 0 Å². The average Bonchev–Trinajstić information content (AvgIpc) is 2.24. The standard InChI is InChI=1S/C11H11BrFN3O3/c1-6(17)5-15(7(2)14)11-9(13)3-8(12)4-10(11)16(18)19/h3-4,14H,5H2,1-2H3. The Morgan fingerprint density at radius 3 is 2.53 bits per heavy atom. The van der Waals surface area contributed by atoms with Gasteiger partial charge in [0.1, 0.15) is 5.78 Å². The van der Waals surface area contributed by atoms with E-state index in [1.807, 2.05) is 0 Å². The molecule has 0 heterocycles. The van der Waals surface area contributed by atoms with Gasteiger partial charge in [-0.2, -0.15) is 0 Å². The number of hydrogen-bond donors (Lipinski definition) is 1. The number of nitrogens with zero attached hydrogens (tertiary/aromatic N) is 2. The quantitative estimate of drug-likeness (QED) is 0.397. The number of nitrogens with one attached hydrogen (secondary N) is 1. The Kier molecular flexibility index (Phi) is 4.71. The third kappa shape index (κ3) is 3.57. The fourth-order valence-electron chi connectivity index (χ4n) is 1.55. The maximum absolute atomic E-state index is 13.9. The Morgan fingerprint density at radius 2 is 2.11 bits per heavy atom. The topological polar surface area (TPSA) is 87.3 Å². The third-order valence-electron chi connectivity index (χ3n) is 2.26. The molecule has 0 unspecified atom stereocenters. The summed E-state index contributed by atoms with van der Waals surface area (Å²) in [4.78, 5) is 22.4. The molecule has 0 aliphatic rings. The van der Waals surface area contributed by atoms with Crippen LogP contribution >= 0.6 is 15.9 Å². The van der Waals surface area contributed by atoms with E-state index in [2.05, 4.69) is 15.9 Å². The van der Waals surface area contributed by atoms with Crippen molar-refractivity contribution < 1.29 is 14.1 Å². The Hall–Kier alpha value is -1.83. The molecule has 0 spiro atoms. The highest BCUT2D eigenvalue weighted by Crippen LogP contribution is 2.34. The Bertz CT molecular complexity index is 562. The predicted molar refractivity (Wildman–Crippen MR) is 72.2 cm³/mol. The first-order valence-corrected chi connectivity index (χ1v) is 5.99. The highest BCUT2D eigenvalue weighted by Gasteiger charge is 2.26. The second kappa shape index (κ2) is 5.87. The van der Waals surface area contributed by atoms with E-state index in [0.717, 1.165) is 17.0 Å². The van der Waals surface area contributed by atoms with Crippen molar-refractivity contribution in [3.8, 4) is 0 Å². The van der Waals surface area contributed by atoms with Crippen molar-refractivity contribution in [1.82, 2.24) is 0 Å². The number of hydrogen-bond acceptors (Lipinski definition) is 4. The van der Waals surface area contributed by atoms with Crippen molar-refractivity contribution >= 4 is 38.9 Å². The molecule has 102 valence electrons. The van der Waals surface area contributed by atoms with Crippen molar-refractivity contribution in [2.45, 2.75) is 13.8 Å². The summed E-state index contributed by atoms with van der Waals surface area (Å²) in [5.41, 5.74) is -0.879. The SMILES string of the molecule is CC(=N)N(CC(C)=O)c1c(F)cc(Br)cc1[N+](=O)[O-]. The van der Waals surface area contributed by atoms with Crippen LogP contribution in [0.4, 0.5) is 15.8 Å². The average molecular weight is 332 g/mol. The molecule has 8 heteroatoms. The van der Waals surface area contributed by atoms with Gasteiger partial charge < -0.3 is 4.90 Å². The molecule has 0 saturated heterocycles. The number of anilines is 1. The number of ketones is 1. The lowest BCUT2D eigenvalue weighted by molar-refractivity contribution is -0.384. The summed E-state index contributed by atoms with van der Waals surface area (Å²) in [6.45, 7) is 2.29. The van der Waals surface area contributed by atoms with Crippen molar-refractivity contribution in [1.29, 1.82) is 5.41 Å². The first-order chi connectivity index (χ1) is 8.73. The molecule has 0 atom stereocenters. The minimum absolute atomic E-state index is 0.153. The van der Waals surface area contributed by atoms with Gasteiger partial charge in [0.25, 0.3) is 5.69 Å². The fraction of sp³-hybridized carbons (Fsp3) is 0.273. The summed E-state index contributed by atoms with van der Waals surface area (Å²) in [6.07, 6.45) is 0. The fourth-order valence-corrected chi connectivity index (χ4v) is 1.96. The summed E-state index contributed by atoms with van der Waals surface area (Å²) in [5.74, 6) is -1.35. The first kappa shape index (κ1) is 15.2. The molecule has 0 aromatic heterocycles. The van der Waals surface area contributed by atoms with Gasteiger partial charge in [0, 0.05) is 10.5 Å². The van der Waals surface area contributed by atoms with Crippen LogP contribution in [0.2, 0.25) is 0 Å². The second-order valence-corrected chi connectivity index (χ2v) is 4.80. The van der Waals surface area contributed by atoms with Crippen LogP contribution in [0.5, 0.6) is 0 Å². The number of Topliss-reactive ketones (excluding diaryl/α,β-unsaturated/α-hetero) is 1. The summed E-state index contributed by atoms with van der Waals surface area (Å²) < 4.78 is 14.2. The van der Waals surface area contributed by atoms with Crippen LogP contribution in [-0.4, -0.2) is 23.1 Å². The maximum Gasteiger partial charge on any atom is 0.297 e. The molecule has 0 radical (unpaired) electrons. The van der Waals surface area contributed by atoms with Crippen LogP contribution < -0.4 is 4.90 Å². The lowest BCUT2D eigenvalue weighted by Gasteiger charge is -2.22. The lowest BCUT2D eigenvalue weighted by atomic mass is 10.2. The van der Waals surface area contributed by atoms with Gasteiger partial charge in [-0.1, -0.05) is 15.9 Å². The minimum Gasteiger partial charge on any atom is -0.315 e. The largest absolute Gasteiger partial charge is 0.315 e. The lowest BCUT2D eigenvalue weighted by Crippen LogP contribution is -2.33. The zero-order valence-electron chi connectivity index (χ0n) is 10.2. The van der Waals surface area contributed by atoms with Crippen molar-refractivity contribution in [3.63, 3.8) is 0 Å². The number of nitro benzene ring substituents is 1. The van der Waals surface area contributed by atoms with Crippen LogP contribution in [0.15, 0.2) is 16.6 Å². The zero-order chi connectivity index (χ0) is 14.7. The smallest absolute Gasteiger partial charge is 0.297 e. The normalized spacial score (nSPS) is 10.1. The molecule has 0 saturated carbocycles. The molecular weight excluding hydrogens is 321 g/mol. The minimum atomic E-state index is -0.867. The zero-order valence-corrected chi connectivity index (χ0v) is 11.8. The van der Waals surface area contributed by atoms with Crippen LogP contribution in [0.25, 0.3) is 0 Å². The van der Waals surface area contributed by atoms with E-state index in [4.69, 9.17) is 5.41 Å². The molecular formula is C11H11BrFN3O3. The Balaban J connectivity index is 3.48. The molecule has 0 aliphatic carbocycles. The third-order valence-corrected chi connectivity index (χ3v) is 2.72. The number of nitro groups is 1. The highest BCUT2D eigenvalue weighted by molar-refractivity contribution is 9.10. The van der Waals surface area contributed by atoms with Crippen molar-refractivity contribution in [2.24, 2.45) is 0 Å². The summed E-state index contributed by atoms with van der Waals surface area (Å²) in [5, 5.41) is 18.5. The van der Waals surface area contributed by atoms with Gasteiger partial charge in [0.15, 0.2) is 11.5 Å². The molecule has 6 nitrogen and oxygen atoms in total. The van der Waals surface area contributed by atoms with Gasteiger partial charge in [-0.3, -0.25) is 20.3 Å². The Labute approximate surface area is 117 Å². The Morgan fingerprint density at radius 1 is 1.53 bits per heavy atom. The van der Waals surface area contributed by atoms with Gasteiger partial charge in [0.05, 0.1) is 17.3 Å². The summed E-state index contributed by atoms with van der Waals surface area (Å²) in [6, 6.07) is 2.19. The molecule has 0 amide bonds. The molecule has 1 N–H and O–H groups in total. The van der Waals surface area contributed by atoms with Crippen LogP contribution in [0, 0.1) is 21.3 Å². The van der Waals surface area contributed by atoms with E-state index < -0.39 is 16.4 Å². The van der Waals surface area contributed by atoms with Gasteiger partial charge in [-0.15, -0.1) is 0 Å². The molecule has 1 aromatic rings. The van der Waals surface area contributed by atoms with Crippen molar-refractivity contribution in [2.75, 3.05) is 11.4 Å². The monoisotopic (exact) mass is 331 g/mol. The van der Waals surface area contributed by atoms with E-state index in [0.29, 0.717) is 0 Å². The van der Waals surface area contributed by atoms with Crippen molar-refractivity contribution in [3.05, 3.63) is 32.5 Å². The summed E-state index contributed by atoms with van der Waals surface area (Å²) >= 11 is 2.97. The van der Waals surface area contributed by atoms with Gasteiger partial charge in [-0.25, -0.2) is 4.39 Å². The van der Waals surface area contributed by atoms with Crippen LogP contribution in [0.3, 0.4) is 0 Å². The van der Waals surface area contributed by atoms with Gasteiger partial charge >= 0.3 is 0 Å². The van der Waals surface area contributed by atoms with Crippen LogP contribution in [0.1, 0.15) is 13.8 Å². The summed E-state index contributed by atoms with van der Waals surface area (Å²) in [7, 11) is 0. The van der Waals surface area contributed by atoms with E-state index in [1.165, 1.54) is 13.8 Å². The van der Waals surface area contributed by atoms with Gasteiger partial charge in [-0.05, 0) is 19.9 Å². The number of halogens is 2. The molecule has 1 rings (SSSR count). The van der Waals surface area contributed by atoms with Gasteiger partial charge in [0.2, 0.25) is 0 Å². The van der Waals surface area contributed by atoms with Crippen LogP contribution in [-0.2, 0) is 4.79 Å².